The van der Waals surface area contributed by atoms with Crippen LogP contribution in [0.5, 0.6) is 0 Å². The third-order valence-electron chi connectivity index (χ3n) is 4.51. The van der Waals surface area contributed by atoms with Crippen LogP contribution in [0.4, 0.5) is 0 Å². The molecule has 0 amide bonds. The number of hydrogen-bond donors (Lipinski definition) is 1. The maximum absolute atomic E-state index is 5.31. The lowest BCUT2D eigenvalue weighted by Gasteiger charge is -2.26. The fourth-order valence-corrected chi connectivity index (χ4v) is 3.32. The van der Waals surface area contributed by atoms with Gasteiger partial charge in [-0.3, -0.25) is 4.99 Å². The first-order valence-corrected chi connectivity index (χ1v) is 9.10. The van der Waals surface area contributed by atoms with Gasteiger partial charge in [0, 0.05) is 39.2 Å². The lowest BCUT2D eigenvalue weighted by Crippen LogP contribution is -2.41. The lowest BCUT2D eigenvalue weighted by atomic mass is 9.86. The maximum Gasteiger partial charge on any atom is 0.193 e. The zero-order valence-corrected chi connectivity index (χ0v) is 15.7. The van der Waals surface area contributed by atoms with Crippen molar-refractivity contribution < 1.29 is 4.74 Å². The molecule has 1 N–H and O–H groups in total. The van der Waals surface area contributed by atoms with E-state index in [0.29, 0.717) is 5.92 Å². The number of ether oxygens (including phenoxy) is 1. The molecule has 0 aromatic heterocycles. The first-order valence-electron chi connectivity index (χ1n) is 9.10. The Bertz CT molecular complexity index is 513. The van der Waals surface area contributed by atoms with Gasteiger partial charge in [0.05, 0.1) is 6.61 Å². The van der Waals surface area contributed by atoms with Gasteiger partial charge in [0.15, 0.2) is 5.96 Å². The van der Waals surface area contributed by atoms with Crippen molar-refractivity contribution in [2.24, 2.45) is 16.3 Å². The molecule has 1 fully saturated rings. The van der Waals surface area contributed by atoms with Crippen LogP contribution in [0.2, 0.25) is 0 Å². The van der Waals surface area contributed by atoms with Gasteiger partial charge in [-0.1, -0.05) is 44.2 Å². The minimum absolute atomic E-state index is 0.147. The Labute approximate surface area is 147 Å². The van der Waals surface area contributed by atoms with E-state index in [1.807, 2.05) is 0 Å². The summed E-state index contributed by atoms with van der Waals surface area (Å²) in [6.07, 6.45) is 2.23. The van der Waals surface area contributed by atoms with Crippen molar-refractivity contribution in [2.75, 3.05) is 39.9 Å². The summed E-state index contributed by atoms with van der Waals surface area (Å²) in [6.45, 7) is 11.4. The molecule has 0 bridgehead atoms. The van der Waals surface area contributed by atoms with Crippen LogP contribution in [-0.4, -0.2) is 50.8 Å². The average Bonchev–Trinajstić information content (AvgIpc) is 3.01. The summed E-state index contributed by atoms with van der Waals surface area (Å²) in [4.78, 5) is 7.33. The highest BCUT2D eigenvalue weighted by atomic mass is 16.5. The number of methoxy groups -OCH3 is 1. The highest BCUT2D eigenvalue weighted by molar-refractivity contribution is 5.80. The topological polar surface area (TPSA) is 36.9 Å². The van der Waals surface area contributed by atoms with Crippen molar-refractivity contribution >= 4 is 5.96 Å². The van der Waals surface area contributed by atoms with Gasteiger partial charge in [0.2, 0.25) is 0 Å². The Morgan fingerprint density at radius 2 is 2.08 bits per heavy atom. The van der Waals surface area contributed by atoms with E-state index in [-0.39, 0.29) is 5.41 Å². The summed E-state index contributed by atoms with van der Waals surface area (Å²) in [7, 11) is 1.79. The van der Waals surface area contributed by atoms with E-state index in [1.165, 1.54) is 12.0 Å². The molecule has 1 saturated heterocycles. The second-order valence-electron chi connectivity index (χ2n) is 7.55. The molecule has 0 saturated carbocycles. The number of aliphatic imine (C=N–C) groups is 1. The van der Waals surface area contributed by atoms with Crippen molar-refractivity contribution in [2.45, 2.75) is 33.6 Å². The van der Waals surface area contributed by atoms with Gasteiger partial charge in [0.25, 0.3) is 0 Å². The van der Waals surface area contributed by atoms with E-state index in [2.05, 4.69) is 61.3 Å². The quantitative estimate of drug-likeness (QED) is 0.616. The summed E-state index contributed by atoms with van der Waals surface area (Å²) in [6, 6.07) is 10.7. The molecule has 0 aliphatic carbocycles. The van der Waals surface area contributed by atoms with Crippen LogP contribution >= 0.6 is 0 Å². The maximum atomic E-state index is 5.31. The minimum Gasteiger partial charge on any atom is -0.384 e. The van der Waals surface area contributed by atoms with Crippen LogP contribution in [0.1, 0.15) is 32.8 Å². The van der Waals surface area contributed by atoms with Crippen LogP contribution in [-0.2, 0) is 11.2 Å². The smallest absolute Gasteiger partial charge is 0.193 e. The Hall–Kier alpha value is -1.55. The van der Waals surface area contributed by atoms with Crippen molar-refractivity contribution in [3.63, 3.8) is 0 Å². The molecule has 24 heavy (non-hydrogen) atoms. The number of likely N-dealkylation sites (tertiary alicyclic amines) is 1. The fraction of sp³-hybridized carbons (Fsp3) is 0.650. The Morgan fingerprint density at radius 1 is 1.33 bits per heavy atom. The molecule has 1 aliphatic rings. The van der Waals surface area contributed by atoms with Gasteiger partial charge >= 0.3 is 0 Å². The Morgan fingerprint density at radius 3 is 2.75 bits per heavy atom. The van der Waals surface area contributed by atoms with E-state index in [1.54, 1.807) is 7.11 Å². The molecular formula is C20H33N3O. The van der Waals surface area contributed by atoms with Crippen LogP contribution in [0.3, 0.4) is 0 Å². The van der Waals surface area contributed by atoms with Gasteiger partial charge < -0.3 is 15.0 Å². The van der Waals surface area contributed by atoms with Crippen LogP contribution < -0.4 is 5.32 Å². The second kappa shape index (κ2) is 9.07. The van der Waals surface area contributed by atoms with Crippen LogP contribution in [0.25, 0.3) is 0 Å². The number of nitrogens with zero attached hydrogens (tertiary/aromatic N) is 2. The van der Waals surface area contributed by atoms with Crippen LogP contribution in [0.15, 0.2) is 35.3 Å². The first-order chi connectivity index (χ1) is 11.5. The predicted octanol–water partition coefficient (Wildman–Crippen LogP) is 3.19. The van der Waals surface area contributed by atoms with Crippen molar-refractivity contribution in [3.05, 3.63) is 35.9 Å². The Balaban J connectivity index is 1.97. The molecule has 134 valence electrons. The lowest BCUT2D eigenvalue weighted by molar-refractivity contribution is 0.157. The molecule has 1 aromatic rings. The molecule has 1 heterocycles. The zero-order valence-electron chi connectivity index (χ0n) is 15.7. The zero-order chi connectivity index (χ0) is 17.4. The van der Waals surface area contributed by atoms with E-state index in [4.69, 9.17) is 9.73 Å². The molecule has 1 aromatic carbocycles. The molecule has 1 atom stereocenters. The molecule has 0 radical (unpaired) electrons. The van der Waals surface area contributed by atoms with Crippen molar-refractivity contribution in [1.82, 2.24) is 10.2 Å². The standard InChI is InChI=1S/C20H33N3O/c1-5-21-19(23-12-11-18(14-23)15-24-4)22-16-20(2,3)13-17-9-7-6-8-10-17/h6-10,18H,5,11-16H2,1-4H3,(H,21,22). The summed E-state index contributed by atoms with van der Waals surface area (Å²) in [5.74, 6) is 1.67. The highest BCUT2D eigenvalue weighted by Crippen LogP contribution is 2.23. The second-order valence-corrected chi connectivity index (χ2v) is 7.55. The molecule has 0 spiro atoms. The predicted molar refractivity (Wildman–Crippen MR) is 101 cm³/mol. The highest BCUT2D eigenvalue weighted by Gasteiger charge is 2.25. The number of hydrogen-bond acceptors (Lipinski definition) is 2. The summed E-state index contributed by atoms with van der Waals surface area (Å²) < 4.78 is 5.31. The molecule has 2 rings (SSSR count). The normalized spacial score (nSPS) is 18.9. The number of rotatable bonds is 7. The molecule has 1 unspecified atom stereocenters. The van der Waals surface area contributed by atoms with E-state index < -0.39 is 0 Å². The molecule has 4 nitrogen and oxygen atoms in total. The number of benzene rings is 1. The fourth-order valence-electron chi connectivity index (χ4n) is 3.32. The summed E-state index contributed by atoms with van der Waals surface area (Å²) in [5, 5.41) is 3.46. The van der Waals surface area contributed by atoms with Crippen LogP contribution in [0, 0.1) is 11.3 Å². The summed E-state index contributed by atoms with van der Waals surface area (Å²) in [5.41, 5.74) is 1.53. The number of nitrogens with one attached hydrogen (secondary N) is 1. The van der Waals surface area contributed by atoms with Gasteiger partial charge in [-0.15, -0.1) is 0 Å². The third kappa shape index (κ3) is 5.82. The Kier molecular flexibility index (Phi) is 7.10. The van der Waals surface area contributed by atoms with Gasteiger partial charge in [-0.05, 0) is 30.7 Å². The van der Waals surface area contributed by atoms with E-state index >= 15 is 0 Å². The monoisotopic (exact) mass is 331 g/mol. The molecular weight excluding hydrogens is 298 g/mol. The molecule has 4 heteroatoms. The third-order valence-corrected chi connectivity index (χ3v) is 4.51. The SMILES string of the molecule is CCNC(=NCC(C)(C)Cc1ccccc1)N1CCC(COC)C1. The minimum atomic E-state index is 0.147. The molecule has 1 aliphatic heterocycles. The van der Waals surface area contributed by atoms with Gasteiger partial charge in [-0.2, -0.15) is 0 Å². The van der Waals surface area contributed by atoms with Gasteiger partial charge in [0.1, 0.15) is 0 Å². The first kappa shape index (κ1) is 18.8. The average molecular weight is 332 g/mol. The van der Waals surface area contributed by atoms with Crippen molar-refractivity contribution in [3.8, 4) is 0 Å². The van der Waals surface area contributed by atoms with Crippen molar-refractivity contribution in [1.29, 1.82) is 0 Å². The summed E-state index contributed by atoms with van der Waals surface area (Å²) >= 11 is 0. The van der Waals surface area contributed by atoms with Gasteiger partial charge in [-0.25, -0.2) is 0 Å². The number of guanidine groups is 1. The largest absolute Gasteiger partial charge is 0.384 e. The van der Waals surface area contributed by atoms with E-state index in [9.17, 15) is 0 Å². The van der Waals surface area contributed by atoms with E-state index in [0.717, 1.165) is 45.2 Å².